The van der Waals surface area contributed by atoms with Crippen LogP contribution in [0.15, 0.2) is 0 Å². The van der Waals surface area contributed by atoms with Crippen LogP contribution < -0.4 is 0 Å². The monoisotopic (exact) mass is 158 g/mol. The highest BCUT2D eigenvalue weighted by Gasteiger charge is 2.09. The number of rotatable bonds is 3. The van der Waals surface area contributed by atoms with Gasteiger partial charge in [-0.2, -0.15) is 0 Å². The first kappa shape index (κ1) is 10.4. The van der Waals surface area contributed by atoms with Crippen LogP contribution in [0.1, 0.15) is 20.8 Å². The van der Waals surface area contributed by atoms with Gasteiger partial charge in [-0.25, -0.2) is 5.01 Å². The molecule has 0 saturated heterocycles. The molecule has 0 aromatic heterocycles. The van der Waals surface area contributed by atoms with Crippen LogP contribution in [-0.4, -0.2) is 36.6 Å². The van der Waals surface area contributed by atoms with Gasteiger partial charge in [-0.1, -0.05) is 13.8 Å². The average molecular weight is 158 g/mol. The highest BCUT2D eigenvalue weighted by atomic mass is 16.2. The van der Waals surface area contributed by atoms with E-state index in [4.69, 9.17) is 0 Å². The lowest BCUT2D eigenvalue weighted by Crippen LogP contribution is -2.41. The van der Waals surface area contributed by atoms with E-state index in [9.17, 15) is 4.79 Å². The Morgan fingerprint density at radius 1 is 1.36 bits per heavy atom. The number of amides is 1. The molecule has 0 N–H and O–H groups in total. The van der Waals surface area contributed by atoms with Crippen LogP contribution in [0.25, 0.3) is 0 Å². The van der Waals surface area contributed by atoms with Gasteiger partial charge >= 0.3 is 0 Å². The molecule has 0 aliphatic carbocycles. The summed E-state index contributed by atoms with van der Waals surface area (Å²) >= 11 is 0. The van der Waals surface area contributed by atoms with E-state index in [0.29, 0.717) is 5.92 Å². The lowest BCUT2D eigenvalue weighted by atomic mass is 10.2. The third-order valence-electron chi connectivity index (χ3n) is 1.60. The summed E-state index contributed by atoms with van der Waals surface area (Å²) in [5, 5.41) is 3.55. The van der Waals surface area contributed by atoms with E-state index in [1.54, 1.807) is 19.0 Å². The molecule has 0 unspecified atom stereocenters. The molecule has 0 fully saturated rings. The fourth-order valence-electron chi connectivity index (χ4n) is 0.891. The van der Waals surface area contributed by atoms with E-state index in [-0.39, 0.29) is 5.91 Å². The van der Waals surface area contributed by atoms with E-state index in [2.05, 4.69) is 13.8 Å². The topological polar surface area (TPSA) is 23.6 Å². The van der Waals surface area contributed by atoms with Gasteiger partial charge in [0, 0.05) is 27.6 Å². The highest BCUT2D eigenvalue weighted by Crippen LogP contribution is 1.98. The maximum atomic E-state index is 10.9. The van der Waals surface area contributed by atoms with E-state index in [1.807, 2.05) is 12.1 Å². The summed E-state index contributed by atoms with van der Waals surface area (Å²) in [6.45, 7) is 6.74. The second-order valence-corrected chi connectivity index (χ2v) is 3.28. The zero-order valence-corrected chi connectivity index (χ0v) is 8.09. The molecule has 0 aliphatic heterocycles. The number of carbonyl (C=O) groups is 1. The highest BCUT2D eigenvalue weighted by molar-refractivity contribution is 5.72. The third kappa shape index (κ3) is 3.98. The van der Waals surface area contributed by atoms with Gasteiger partial charge < -0.3 is 0 Å². The molecule has 0 spiro atoms. The van der Waals surface area contributed by atoms with Crippen molar-refractivity contribution in [3.63, 3.8) is 0 Å². The Morgan fingerprint density at radius 3 is 2.09 bits per heavy atom. The zero-order chi connectivity index (χ0) is 9.02. The summed E-state index contributed by atoms with van der Waals surface area (Å²) in [5.74, 6) is 0.662. The molecule has 66 valence electrons. The van der Waals surface area contributed by atoms with Gasteiger partial charge in [0.2, 0.25) is 5.91 Å². The molecular weight excluding hydrogens is 140 g/mol. The van der Waals surface area contributed by atoms with Crippen molar-refractivity contribution in [2.45, 2.75) is 20.8 Å². The minimum absolute atomic E-state index is 0.0770. The molecule has 0 saturated carbocycles. The van der Waals surface area contributed by atoms with Crippen LogP contribution in [0, 0.1) is 5.92 Å². The lowest BCUT2D eigenvalue weighted by Gasteiger charge is -2.28. The number of hydrogen-bond acceptors (Lipinski definition) is 2. The quantitative estimate of drug-likeness (QED) is 0.571. The zero-order valence-electron chi connectivity index (χ0n) is 8.09. The second kappa shape index (κ2) is 4.34. The maximum absolute atomic E-state index is 10.9. The molecule has 1 amide bonds. The Morgan fingerprint density at radius 2 is 1.82 bits per heavy atom. The molecule has 3 heteroatoms. The van der Waals surface area contributed by atoms with Gasteiger partial charge in [0.05, 0.1) is 0 Å². The first-order valence-electron chi connectivity index (χ1n) is 3.90. The Hall–Kier alpha value is -0.570. The van der Waals surface area contributed by atoms with Crippen molar-refractivity contribution in [2.75, 3.05) is 20.6 Å². The Balaban J connectivity index is 3.82. The SMILES string of the molecule is CC(=O)N(C)N(C)CC(C)C. The van der Waals surface area contributed by atoms with Crippen LogP contribution in [0.4, 0.5) is 0 Å². The molecular formula is C8H18N2O. The van der Waals surface area contributed by atoms with Gasteiger partial charge in [0.1, 0.15) is 0 Å². The predicted molar refractivity (Wildman–Crippen MR) is 45.9 cm³/mol. The van der Waals surface area contributed by atoms with Crippen molar-refractivity contribution in [1.29, 1.82) is 0 Å². The van der Waals surface area contributed by atoms with E-state index >= 15 is 0 Å². The first-order chi connectivity index (χ1) is 4.95. The molecule has 0 heterocycles. The summed E-state index contributed by atoms with van der Waals surface area (Å²) in [6, 6.07) is 0. The Kier molecular flexibility index (Phi) is 4.11. The lowest BCUT2D eigenvalue weighted by molar-refractivity contribution is -0.141. The molecule has 0 atom stereocenters. The van der Waals surface area contributed by atoms with Crippen molar-refractivity contribution in [2.24, 2.45) is 5.92 Å². The molecule has 0 bridgehead atoms. The molecule has 0 radical (unpaired) electrons. The molecule has 3 nitrogen and oxygen atoms in total. The van der Waals surface area contributed by atoms with Crippen LogP contribution >= 0.6 is 0 Å². The van der Waals surface area contributed by atoms with Crippen molar-refractivity contribution in [3.8, 4) is 0 Å². The third-order valence-corrected chi connectivity index (χ3v) is 1.60. The summed E-state index contributed by atoms with van der Waals surface area (Å²) in [4.78, 5) is 10.9. The maximum Gasteiger partial charge on any atom is 0.233 e. The van der Waals surface area contributed by atoms with Crippen molar-refractivity contribution >= 4 is 5.91 Å². The minimum Gasteiger partial charge on any atom is -0.279 e. The fourth-order valence-corrected chi connectivity index (χ4v) is 0.891. The Bertz CT molecular complexity index is 134. The summed E-state index contributed by atoms with van der Waals surface area (Å²) in [5.41, 5.74) is 0. The van der Waals surface area contributed by atoms with Crippen LogP contribution in [0.2, 0.25) is 0 Å². The smallest absolute Gasteiger partial charge is 0.233 e. The average Bonchev–Trinajstić information content (AvgIpc) is 1.84. The van der Waals surface area contributed by atoms with E-state index in [1.165, 1.54) is 0 Å². The molecule has 0 aliphatic rings. The second-order valence-electron chi connectivity index (χ2n) is 3.28. The number of hydrogen-bond donors (Lipinski definition) is 0. The standard InChI is InChI=1S/C8H18N2O/c1-7(2)6-9(4)10(5)8(3)11/h7H,6H2,1-5H3. The van der Waals surface area contributed by atoms with Crippen molar-refractivity contribution in [3.05, 3.63) is 0 Å². The van der Waals surface area contributed by atoms with Crippen LogP contribution in [-0.2, 0) is 4.79 Å². The van der Waals surface area contributed by atoms with Gasteiger partial charge in [-0.15, -0.1) is 0 Å². The van der Waals surface area contributed by atoms with Crippen LogP contribution in [0.3, 0.4) is 0 Å². The minimum atomic E-state index is 0.0770. The first-order valence-corrected chi connectivity index (χ1v) is 3.90. The molecule has 0 aromatic rings. The number of carbonyl (C=O) groups excluding carboxylic acids is 1. The Labute approximate surface area is 68.9 Å². The fraction of sp³-hybridized carbons (Fsp3) is 0.875. The molecule has 0 rings (SSSR count). The van der Waals surface area contributed by atoms with E-state index in [0.717, 1.165) is 6.54 Å². The number of nitrogens with zero attached hydrogens (tertiary/aromatic N) is 2. The molecule has 0 aromatic carbocycles. The molecule has 11 heavy (non-hydrogen) atoms. The van der Waals surface area contributed by atoms with Gasteiger partial charge in [-0.3, -0.25) is 9.80 Å². The van der Waals surface area contributed by atoms with Crippen molar-refractivity contribution < 1.29 is 4.79 Å². The van der Waals surface area contributed by atoms with Crippen molar-refractivity contribution in [1.82, 2.24) is 10.0 Å². The van der Waals surface area contributed by atoms with Gasteiger partial charge in [-0.05, 0) is 5.92 Å². The summed E-state index contributed by atoms with van der Waals surface area (Å²) in [6.07, 6.45) is 0. The number of hydrazine groups is 1. The summed E-state index contributed by atoms with van der Waals surface area (Å²) < 4.78 is 0. The normalized spacial score (nSPS) is 10.8. The van der Waals surface area contributed by atoms with Gasteiger partial charge in [0.25, 0.3) is 0 Å². The van der Waals surface area contributed by atoms with Crippen LogP contribution in [0.5, 0.6) is 0 Å². The van der Waals surface area contributed by atoms with Gasteiger partial charge in [0.15, 0.2) is 0 Å². The largest absolute Gasteiger partial charge is 0.279 e. The van der Waals surface area contributed by atoms with E-state index < -0.39 is 0 Å². The summed E-state index contributed by atoms with van der Waals surface area (Å²) in [7, 11) is 3.70. The predicted octanol–water partition coefficient (Wildman–Crippen LogP) is 0.967.